The second-order valence-electron chi connectivity index (χ2n) is 9.21. The molecule has 0 spiro atoms. The van der Waals surface area contributed by atoms with Crippen LogP contribution in [-0.4, -0.2) is 41.8 Å². The number of fused-ring (bicyclic) bond motifs is 1. The predicted molar refractivity (Wildman–Crippen MR) is 150 cm³/mol. The van der Waals surface area contributed by atoms with Gasteiger partial charge in [0.2, 0.25) is 5.95 Å². The van der Waals surface area contributed by atoms with Gasteiger partial charge in [-0.1, -0.05) is 46.6 Å². The highest BCUT2D eigenvalue weighted by Crippen LogP contribution is 2.33. The van der Waals surface area contributed by atoms with Crippen molar-refractivity contribution in [1.82, 2.24) is 24.5 Å². The number of aromatic nitrogens is 5. The molecule has 0 unspecified atom stereocenters. The lowest BCUT2D eigenvalue weighted by Crippen LogP contribution is -2.30. The van der Waals surface area contributed by atoms with E-state index in [1.807, 2.05) is 64.5 Å². The van der Waals surface area contributed by atoms with Gasteiger partial charge in [-0.15, -0.1) is 0 Å². The summed E-state index contributed by atoms with van der Waals surface area (Å²) < 4.78 is 7.58. The number of nitrogens with one attached hydrogen (secondary N) is 2. The van der Waals surface area contributed by atoms with E-state index in [0.29, 0.717) is 30.9 Å². The molecule has 3 N–H and O–H groups in total. The quantitative estimate of drug-likeness (QED) is 0.249. The maximum absolute atomic E-state index is 10.1. The van der Waals surface area contributed by atoms with Crippen molar-refractivity contribution in [1.29, 1.82) is 0 Å². The summed E-state index contributed by atoms with van der Waals surface area (Å²) in [6.07, 6.45) is 10.1. The van der Waals surface area contributed by atoms with E-state index in [-0.39, 0.29) is 0 Å². The van der Waals surface area contributed by atoms with E-state index in [0.717, 1.165) is 41.0 Å². The molecule has 0 saturated heterocycles. The van der Waals surface area contributed by atoms with Crippen molar-refractivity contribution < 1.29 is 9.52 Å². The number of hydrogen-bond donors (Lipinski definition) is 3. The highest BCUT2D eigenvalue weighted by atomic mass is 16.3. The zero-order valence-electron chi connectivity index (χ0n) is 23.0. The van der Waals surface area contributed by atoms with Crippen LogP contribution in [0.4, 0.5) is 11.8 Å². The van der Waals surface area contributed by atoms with Gasteiger partial charge in [0, 0.05) is 25.3 Å². The Kier molecular flexibility index (Phi) is 10.0. The summed E-state index contributed by atoms with van der Waals surface area (Å²) in [6.45, 7) is 12.4. The molecule has 4 aromatic rings. The number of imidazole rings is 1. The molecule has 37 heavy (non-hydrogen) atoms. The topological polar surface area (TPSA) is 114 Å². The van der Waals surface area contributed by atoms with E-state index in [2.05, 4.69) is 30.2 Å². The first-order valence-electron chi connectivity index (χ1n) is 13.4. The van der Waals surface area contributed by atoms with Gasteiger partial charge in [0.1, 0.15) is 5.69 Å². The van der Waals surface area contributed by atoms with Crippen molar-refractivity contribution in [3.63, 3.8) is 0 Å². The van der Waals surface area contributed by atoms with Gasteiger partial charge in [-0.25, -0.2) is 4.98 Å². The number of nitrogens with zero attached hydrogens (tertiary/aromatic N) is 5. The Balaban J connectivity index is 0.000000907. The lowest BCUT2D eigenvalue weighted by atomic mass is 10.1. The Labute approximate surface area is 219 Å². The lowest BCUT2D eigenvalue weighted by molar-refractivity contribution is 0.0943. The minimum absolute atomic E-state index is 0.341. The third-order valence-corrected chi connectivity index (χ3v) is 5.88. The minimum atomic E-state index is -0.876. The van der Waals surface area contributed by atoms with Crippen molar-refractivity contribution in [3.8, 4) is 11.5 Å². The van der Waals surface area contributed by atoms with Crippen LogP contribution in [0.1, 0.15) is 78.8 Å². The van der Waals surface area contributed by atoms with Crippen LogP contribution >= 0.6 is 0 Å². The third-order valence-electron chi connectivity index (χ3n) is 5.88. The average molecular weight is 508 g/mol. The minimum Gasteiger partial charge on any atom is -0.463 e. The first kappa shape index (κ1) is 28.1. The van der Waals surface area contributed by atoms with Crippen LogP contribution in [0, 0.1) is 0 Å². The largest absolute Gasteiger partial charge is 0.463 e. The smallest absolute Gasteiger partial charge is 0.226 e. The molecule has 9 nitrogen and oxygen atoms in total. The molecular formula is C28H41N7O2. The number of hydrogen-bond acceptors (Lipinski definition) is 8. The second kappa shape index (κ2) is 13.2. The molecule has 1 fully saturated rings. The van der Waals surface area contributed by atoms with Crippen LogP contribution in [0.2, 0.25) is 0 Å². The summed E-state index contributed by atoms with van der Waals surface area (Å²) in [5.74, 6) is 1.87. The Morgan fingerprint density at radius 2 is 1.78 bits per heavy atom. The second-order valence-corrected chi connectivity index (χ2v) is 9.21. The van der Waals surface area contributed by atoms with Gasteiger partial charge < -0.3 is 24.7 Å². The molecule has 0 atom stereocenters. The van der Waals surface area contributed by atoms with Crippen molar-refractivity contribution in [2.45, 2.75) is 85.4 Å². The summed E-state index contributed by atoms with van der Waals surface area (Å²) >= 11 is 0. The van der Waals surface area contributed by atoms with Crippen molar-refractivity contribution in [3.05, 3.63) is 48.6 Å². The monoisotopic (exact) mass is 507 g/mol. The van der Waals surface area contributed by atoms with E-state index >= 15 is 0 Å². The molecule has 0 aliphatic heterocycles. The lowest BCUT2D eigenvalue weighted by Gasteiger charge is -2.18. The number of rotatable bonds is 8. The van der Waals surface area contributed by atoms with E-state index in [1.54, 1.807) is 20.1 Å². The molecule has 0 radical (unpaired) electrons. The van der Waals surface area contributed by atoms with Gasteiger partial charge in [-0.05, 0) is 50.5 Å². The molecule has 5 rings (SSSR count). The Hall–Kier alpha value is -3.46. The average Bonchev–Trinajstić information content (AvgIpc) is 3.70. The fourth-order valence-electron chi connectivity index (χ4n) is 4.15. The zero-order valence-corrected chi connectivity index (χ0v) is 23.0. The fourth-order valence-corrected chi connectivity index (χ4v) is 4.15. The fraction of sp³-hybridized carbons (Fsp3) is 0.500. The molecule has 0 amide bonds. The molecule has 4 heterocycles. The highest BCUT2D eigenvalue weighted by molar-refractivity contribution is 5.84. The molecule has 1 aliphatic carbocycles. The van der Waals surface area contributed by atoms with Crippen molar-refractivity contribution in [2.75, 3.05) is 17.2 Å². The van der Waals surface area contributed by atoms with Crippen LogP contribution in [0.25, 0.3) is 22.6 Å². The molecule has 200 valence electrons. The normalized spacial score (nSPS) is 13.5. The number of furan rings is 1. The Morgan fingerprint density at radius 1 is 1.03 bits per heavy atom. The van der Waals surface area contributed by atoms with Gasteiger partial charge in [-0.3, -0.25) is 4.98 Å². The van der Waals surface area contributed by atoms with Crippen molar-refractivity contribution in [2.24, 2.45) is 0 Å². The molecule has 1 saturated carbocycles. The predicted octanol–water partition coefficient (Wildman–Crippen LogP) is 6.44. The molecule has 0 bridgehead atoms. The Morgan fingerprint density at radius 3 is 2.41 bits per heavy atom. The van der Waals surface area contributed by atoms with E-state index in [1.165, 1.54) is 12.8 Å². The zero-order chi connectivity index (χ0) is 26.8. The molecule has 1 aliphatic rings. The van der Waals surface area contributed by atoms with Crippen LogP contribution in [-0.2, 0) is 6.54 Å². The number of aliphatic hydroxyl groups is 1. The van der Waals surface area contributed by atoms with Gasteiger partial charge in [0.05, 0.1) is 18.2 Å². The van der Waals surface area contributed by atoms with Crippen LogP contribution in [0.5, 0.6) is 0 Å². The highest BCUT2D eigenvalue weighted by Gasteiger charge is 2.22. The van der Waals surface area contributed by atoms with E-state index < -0.39 is 5.60 Å². The van der Waals surface area contributed by atoms with Gasteiger partial charge >= 0.3 is 0 Å². The van der Waals surface area contributed by atoms with Crippen LogP contribution in [0.15, 0.2) is 47.5 Å². The SMILES string of the molecule is CC.CC.CC(C)(O)CNc1nc(NCc2ccc(-c3ccco3)nc2)c2ncn(C3CCCC3)c2n1. The summed E-state index contributed by atoms with van der Waals surface area (Å²) in [6, 6.07) is 8.11. The van der Waals surface area contributed by atoms with Crippen LogP contribution in [0.3, 0.4) is 0 Å². The molecular weight excluding hydrogens is 466 g/mol. The first-order chi connectivity index (χ1) is 18.0. The van der Waals surface area contributed by atoms with Gasteiger partial charge in [-0.2, -0.15) is 9.97 Å². The third kappa shape index (κ3) is 7.29. The van der Waals surface area contributed by atoms with E-state index in [4.69, 9.17) is 9.40 Å². The summed E-state index contributed by atoms with van der Waals surface area (Å²) in [7, 11) is 0. The summed E-state index contributed by atoms with van der Waals surface area (Å²) in [5, 5.41) is 16.7. The number of pyridine rings is 1. The Bertz CT molecular complexity index is 1210. The molecule has 9 heteroatoms. The van der Waals surface area contributed by atoms with Crippen molar-refractivity contribution >= 4 is 22.9 Å². The maximum atomic E-state index is 10.1. The molecule has 4 aromatic heterocycles. The van der Waals surface area contributed by atoms with Gasteiger partial charge in [0.25, 0.3) is 0 Å². The first-order valence-corrected chi connectivity index (χ1v) is 13.4. The molecule has 0 aromatic carbocycles. The number of anilines is 2. The standard InChI is InChI=1S/C24H29N7O2.2C2H6/c1-24(2,32)14-27-23-29-21(20-22(30-23)31(15-28-20)17-6-3-4-7-17)26-13-16-9-10-18(25-12-16)19-8-5-11-33-19;2*1-2/h5,8-12,15,17,32H,3-4,6-7,13-14H2,1-2H3,(H2,26,27,29,30);2*1-2H3. The summed E-state index contributed by atoms with van der Waals surface area (Å²) in [5.41, 5.74) is 2.48. The van der Waals surface area contributed by atoms with E-state index in [9.17, 15) is 5.11 Å². The summed E-state index contributed by atoms with van der Waals surface area (Å²) in [4.78, 5) is 18.5. The van der Waals surface area contributed by atoms with Gasteiger partial charge in [0.15, 0.2) is 22.7 Å². The van der Waals surface area contributed by atoms with Crippen LogP contribution < -0.4 is 10.6 Å². The maximum Gasteiger partial charge on any atom is 0.226 e.